The van der Waals surface area contributed by atoms with E-state index in [9.17, 15) is 4.79 Å². The monoisotopic (exact) mass is 316 g/mol. The van der Waals surface area contributed by atoms with Crippen molar-refractivity contribution < 1.29 is 9.53 Å². The Balaban J connectivity index is 1.56. The van der Waals surface area contributed by atoms with Crippen LogP contribution in [0.5, 0.6) is 5.75 Å². The normalized spacial score (nSPS) is 21.2. The van der Waals surface area contributed by atoms with E-state index in [2.05, 4.69) is 22.6 Å². The Morgan fingerprint density at radius 2 is 2.27 bits per heavy atom. The number of aromatic nitrogens is 1. The molecule has 2 fully saturated rings. The minimum atomic E-state index is -0.0204. The van der Waals surface area contributed by atoms with Crippen LogP contribution in [-0.2, 0) is 4.79 Å². The van der Waals surface area contributed by atoms with Crippen LogP contribution in [0.3, 0.4) is 0 Å². The van der Waals surface area contributed by atoms with Gasteiger partial charge in [0.2, 0.25) is 0 Å². The van der Waals surface area contributed by atoms with Crippen LogP contribution in [0.2, 0.25) is 0 Å². The van der Waals surface area contributed by atoms with Crippen molar-refractivity contribution in [1.29, 1.82) is 0 Å². The van der Waals surface area contributed by atoms with E-state index in [0.29, 0.717) is 12.0 Å². The SMILES string of the molecule is O=C(COc1cccc2[nH]cc(C3CCSC3)c12)NC1CC1. The zero-order valence-corrected chi connectivity index (χ0v) is 13.2. The van der Waals surface area contributed by atoms with Crippen LogP contribution in [0.1, 0.15) is 30.7 Å². The van der Waals surface area contributed by atoms with Crippen LogP contribution < -0.4 is 10.1 Å². The van der Waals surface area contributed by atoms with Crippen molar-refractivity contribution in [3.05, 3.63) is 30.0 Å². The summed E-state index contributed by atoms with van der Waals surface area (Å²) in [6, 6.07) is 6.38. The molecule has 2 aliphatic rings. The maximum Gasteiger partial charge on any atom is 0.258 e. The van der Waals surface area contributed by atoms with E-state index in [1.54, 1.807) is 0 Å². The largest absolute Gasteiger partial charge is 0.483 e. The molecular weight excluding hydrogens is 296 g/mol. The summed E-state index contributed by atoms with van der Waals surface area (Å²) in [5.74, 6) is 3.78. The Labute approximate surface area is 134 Å². The first-order valence-corrected chi connectivity index (χ1v) is 9.06. The topological polar surface area (TPSA) is 54.1 Å². The van der Waals surface area contributed by atoms with Crippen molar-refractivity contribution in [3.8, 4) is 5.75 Å². The van der Waals surface area contributed by atoms with Gasteiger partial charge in [-0.3, -0.25) is 4.79 Å². The lowest BCUT2D eigenvalue weighted by atomic mass is 9.98. The molecule has 116 valence electrons. The molecule has 2 heterocycles. The maximum atomic E-state index is 11.8. The lowest BCUT2D eigenvalue weighted by molar-refractivity contribution is -0.123. The van der Waals surface area contributed by atoms with Crippen molar-refractivity contribution in [3.63, 3.8) is 0 Å². The highest BCUT2D eigenvalue weighted by Crippen LogP contribution is 2.39. The van der Waals surface area contributed by atoms with E-state index in [-0.39, 0.29) is 12.5 Å². The van der Waals surface area contributed by atoms with Gasteiger partial charge in [0.25, 0.3) is 5.91 Å². The number of hydrogen-bond acceptors (Lipinski definition) is 3. The second-order valence-electron chi connectivity index (χ2n) is 6.11. The highest BCUT2D eigenvalue weighted by atomic mass is 32.2. The summed E-state index contributed by atoms with van der Waals surface area (Å²) in [6.45, 7) is 0.0969. The summed E-state index contributed by atoms with van der Waals surface area (Å²) in [7, 11) is 0. The molecule has 1 atom stereocenters. The minimum absolute atomic E-state index is 0.0204. The molecule has 1 aliphatic heterocycles. The van der Waals surface area contributed by atoms with Crippen LogP contribution in [0.4, 0.5) is 0 Å². The Kier molecular flexibility index (Phi) is 3.74. The number of nitrogens with one attached hydrogen (secondary N) is 2. The number of amides is 1. The number of benzene rings is 1. The molecular formula is C17H20N2O2S. The van der Waals surface area contributed by atoms with E-state index in [0.717, 1.165) is 29.5 Å². The van der Waals surface area contributed by atoms with Crippen LogP contribution in [0, 0.1) is 0 Å². The molecule has 1 saturated carbocycles. The van der Waals surface area contributed by atoms with E-state index in [1.807, 2.05) is 23.9 Å². The molecule has 2 N–H and O–H groups in total. The number of hydrogen-bond donors (Lipinski definition) is 2. The van der Waals surface area contributed by atoms with E-state index >= 15 is 0 Å². The van der Waals surface area contributed by atoms with Crippen molar-refractivity contribution in [2.24, 2.45) is 0 Å². The molecule has 0 spiro atoms. The van der Waals surface area contributed by atoms with Crippen LogP contribution in [0.25, 0.3) is 10.9 Å². The average Bonchev–Trinajstić information content (AvgIpc) is 3.03. The van der Waals surface area contributed by atoms with Crippen molar-refractivity contribution >= 4 is 28.6 Å². The Morgan fingerprint density at radius 3 is 3.05 bits per heavy atom. The van der Waals surface area contributed by atoms with E-state index in [1.165, 1.54) is 23.5 Å². The van der Waals surface area contributed by atoms with Crippen LogP contribution in [0.15, 0.2) is 24.4 Å². The lowest BCUT2D eigenvalue weighted by Crippen LogP contribution is -2.30. The second kappa shape index (κ2) is 5.88. The quantitative estimate of drug-likeness (QED) is 0.891. The minimum Gasteiger partial charge on any atom is -0.483 e. The first-order chi connectivity index (χ1) is 10.8. The van der Waals surface area contributed by atoms with Gasteiger partial charge in [-0.05, 0) is 48.6 Å². The van der Waals surface area contributed by atoms with Crippen LogP contribution >= 0.6 is 11.8 Å². The predicted octanol–water partition coefficient (Wildman–Crippen LogP) is 3.05. The van der Waals surface area contributed by atoms with Gasteiger partial charge in [0.05, 0.1) is 0 Å². The fourth-order valence-corrected chi connectivity index (χ4v) is 4.29. The molecule has 1 aromatic carbocycles. The van der Waals surface area contributed by atoms with Gasteiger partial charge in [0.1, 0.15) is 5.75 Å². The molecule has 0 radical (unpaired) electrons. The fraction of sp³-hybridized carbons (Fsp3) is 0.471. The standard InChI is InChI=1S/C17H20N2O2S/c20-16(19-12-4-5-12)9-21-15-3-1-2-14-17(15)13(8-18-14)11-6-7-22-10-11/h1-3,8,11-12,18H,4-7,9-10H2,(H,19,20). The van der Waals surface area contributed by atoms with Crippen molar-refractivity contribution in [1.82, 2.24) is 10.3 Å². The molecule has 22 heavy (non-hydrogen) atoms. The van der Waals surface area contributed by atoms with Gasteiger partial charge in [-0.2, -0.15) is 11.8 Å². The predicted molar refractivity (Wildman–Crippen MR) is 89.6 cm³/mol. The van der Waals surface area contributed by atoms with Crippen molar-refractivity contribution in [2.45, 2.75) is 31.2 Å². The molecule has 1 saturated heterocycles. The first kappa shape index (κ1) is 14.0. The summed E-state index contributed by atoms with van der Waals surface area (Å²) in [6.07, 6.45) is 5.53. The Hall–Kier alpha value is -1.62. The van der Waals surface area contributed by atoms with Crippen molar-refractivity contribution in [2.75, 3.05) is 18.1 Å². The van der Waals surface area contributed by atoms with Gasteiger partial charge in [-0.25, -0.2) is 0 Å². The summed E-state index contributed by atoms with van der Waals surface area (Å²) in [5.41, 5.74) is 2.42. The number of thioether (sulfide) groups is 1. The third-order valence-corrected chi connectivity index (χ3v) is 5.53. The van der Waals surface area contributed by atoms with Gasteiger partial charge in [0, 0.05) is 28.9 Å². The van der Waals surface area contributed by atoms with E-state index < -0.39 is 0 Å². The zero-order chi connectivity index (χ0) is 14.9. The van der Waals surface area contributed by atoms with Gasteiger partial charge in [-0.15, -0.1) is 0 Å². The number of fused-ring (bicyclic) bond motifs is 1. The molecule has 0 bridgehead atoms. The fourth-order valence-electron chi connectivity index (χ4n) is 3.04. The molecule has 4 rings (SSSR count). The summed E-state index contributed by atoms with van der Waals surface area (Å²) in [5, 5.41) is 4.11. The Bertz CT molecular complexity index is 687. The molecule has 2 aromatic rings. The highest BCUT2D eigenvalue weighted by molar-refractivity contribution is 7.99. The Morgan fingerprint density at radius 1 is 1.36 bits per heavy atom. The summed E-state index contributed by atoms with van der Waals surface area (Å²) in [4.78, 5) is 15.2. The maximum absolute atomic E-state index is 11.8. The number of aromatic amines is 1. The van der Waals surface area contributed by atoms with Gasteiger partial charge < -0.3 is 15.0 Å². The zero-order valence-electron chi connectivity index (χ0n) is 12.4. The third-order valence-electron chi connectivity index (χ3n) is 4.37. The number of H-pyrrole nitrogens is 1. The highest BCUT2D eigenvalue weighted by Gasteiger charge is 2.24. The van der Waals surface area contributed by atoms with Crippen LogP contribution in [-0.4, -0.2) is 35.0 Å². The number of carbonyl (C=O) groups excluding carboxylic acids is 1. The van der Waals surface area contributed by atoms with E-state index in [4.69, 9.17) is 4.74 Å². The number of ether oxygens (including phenoxy) is 1. The first-order valence-electron chi connectivity index (χ1n) is 7.91. The summed E-state index contributed by atoms with van der Waals surface area (Å²) >= 11 is 2.01. The lowest BCUT2D eigenvalue weighted by Gasteiger charge is -2.12. The number of carbonyl (C=O) groups is 1. The third kappa shape index (κ3) is 2.82. The molecule has 1 aromatic heterocycles. The number of rotatable bonds is 5. The average molecular weight is 316 g/mol. The summed E-state index contributed by atoms with van der Waals surface area (Å²) < 4.78 is 5.83. The van der Waals surface area contributed by atoms with Gasteiger partial charge >= 0.3 is 0 Å². The second-order valence-corrected chi connectivity index (χ2v) is 7.26. The molecule has 5 heteroatoms. The van der Waals surface area contributed by atoms with Gasteiger partial charge in [0.15, 0.2) is 6.61 Å². The molecule has 1 amide bonds. The molecule has 1 unspecified atom stereocenters. The van der Waals surface area contributed by atoms with Gasteiger partial charge in [-0.1, -0.05) is 6.07 Å². The molecule has 4 nitrogen and oxygen atoms in total. The molecule has 1 aliphatic carbocycles. The smallest absolute Gasteiger partial charge is 0.258 e.